The van der Waals surface area contributed by atoms with Crippen LogP contribution in [-0.4, -0.2) is 0 Å². The molecule has 0 spiro atoms. The van der Waals surface area contributed by atoms with Crippen LogP contribution in [0, 0.1) is 14.7 Å². The number of hydrogen-bond acceptors (Lipinski definition) is 3. The highest BCUT2D eigenvalue weighted by molar-refractivity contribution is 14.1. The molecule has 1 aromatic rings. The zero-order valence-corrected chi connectivity index (χ0v) is 13.3. The van der Waals surface area contributed by atoms with Crippen LogP contribution in [0.4, 0.5) is 0 Å². The quantitative estimate of drug-likeness (QED) is 0.480. The van der Waals surface area contributed by atoms with Gasteiger partial charge in [-0.2, -0.15) is 0 Å². The average molecular weight is 364 g/mol. The number of halogens is 1. The number of hydrogen-bond donors (Lipinski definition) is 2. The Labute approximate surface area is 121 Å². The Kier molecular flexibility index (Phi) is 5.26. The molecule has 0 bridgehead atoms. The number of hydrazine groups is 1. The van der Waals surface area contributed by atoms with E-state index in [0.29, 0.717) is 12.0 Å². The topological polar surface area (TPSA) is 38.0 Å². The van der Waals surface area contributed by atoms with E-state index in [0.717, 1.165) is 5.92 Å². The summed E-state index contributed by atoms with van der Waals surface area (Å²) in [6.07, 6.45) is 6.73. The second-order valence-corrected chi connectivity index (χ2v) is 7.83. The third kappa shape index (κ3) is 3.43. The summed E-state index contributed by atoms with van der Waals surface area (Å²) in [5.41, 5.74) is 4.43. The zero-order valence-electron chi connectivity index (χ0n) is 10.3. The van der Waals surface area contributed by atoms with E-state index in [1.165, 1.54) is 40.6 Å². The molecule has 4 heteroatoms. The minimum atomic E-state index is 0.351. The van der Waals surface area contributed by atoms with Crippen LogP contribution in [0.5, 0.6) is 0 Å². The first-order valence-corrected chi connectivity index (χ1v) is 8.40. The van der Waals surface area contributed by atoms with Crippen LogP contribution < -0.4 is 11.3 Å². The van der Waals surface area contributed by atoms with E-state index in [2.05, 4.69) is 46.4 Å². The summed E-state index contributed by atoms with van der Waals surface area (Å²) in [4.78, 5) is 0. The fraction of sp³-hybridized carbons (Fsp3) is 0.692. The molecule has 1 heterocycles. The highest BCUT2D eigenvalue weighted by Gasteiger charge is 2.28. The molecule has 1 fully saturated rings. The van der Waals surface area contributed by atoms with Gasteiger partial charge in [-0.3, -0.25) is 11.3 Å². The van der Waals surface area contributed by atoms with Gasteiger partial charge in [-0.15, -0.1) is 11.3 Å². The van der Waals surface area contributed by atoms with Gasteiger partial charge < -0.3 is 0 Å². The van der Waals surface area contributed by atoms with Crippen molar-refractivity contribution in [3.63, 3.8) is 0 Å². The molecule has 0 saturated heterocycles. The van der Waals surface area contributed by atoms with Crippen LogP contribution in [0.1, 0.15) is 50.6 Å². The van der Waals surface area contributed by atoms with Crippen LogP contribution in [0.15, 0.2) is 11.4 Å². The smallest absolute Gasteiger partial charge is 0.0656 e. The van der Waals surface area contributed by atoms with E-state index in [1.807, 2.05) is 11.3 Å². The van der Waals surface area contributed by atoms with Crippen molar-refractivity contribution in [1.82, 2.24) is 5.43 Å². The van der Waals surface area contributed by atoms with Gasteiger partial charge in [-0.1, -0.05) is 26.2 Å². The van der Waals surface area contributed by atoms with Gasteiger partial charge in [0, 0.05) is 6.04 Å². The van der Waals surface area contributed by atoms with Gasteiger partial charge in [0.05, 0.1) is 2.88 Å². The maximum Gasteiger partial charge on any atom is 0.0656 e. The van der Waals surface area contributed by atoms with Crippen molar-refractivity contribution >= 4 is 33.9 Å². The molecule has 1 aliphatic rings. The maximum absolute atomic E-state index is 5.78. The van der Waals surface area contributed by atoms with Crippen LogP contribution in [0.3, 0.4) is 0 Å². The summed E-state index contributed by atoms with van der Waals surface area (Å²) < 4.78 is 1.35. The minimum absolute atomic E-state index is 0.351. The fourth-order valence-electron chi connectivity index (χ4n) is 3.00. The molecule has 3 unspecified atom stereocenters. The maximum atomic E-state index is 5.78. The first kappa shape index (κ1) is 13.8. The Bertz CT molecular complexity index is 353. The van der Waals surface area contributed by atoms with Crippen molar-refractivity contribution in [2.45, 2.75) is 45.1 Å². The molecule has 17 heavy (non-hydrogen) atoms. The summed E-state index contributed by atoms with van der Waals surface area (Å²) in [5.74, 6) is 7.40. The molecular formula is C13H21IN2S. The molecule has 0 amide bonds. The van der Waals surface area contributed by atoms with Gasteiger partial charge in [-0.25, -0.2) is 0 Å². The van der Waals surface area contributed by atoms with E-state index in [4.69, 9.17) is 5.84 Å². The second-order valence-electron chi connectivity index (χ2n) is 5.03. The van der Waals surface area contributed by atoms with Gasteiger partial charge in [0.15, 0.2) is 0 Å². The fourth-order valence-corrected chi connectivity index (χ4v) is 4.41. The van der Waals surface area contributed by atoms with Gasteiger partial charge in [-0.05, 0) is 64.3 Å². The molecule has 0 aromatic carbocycles. The van der Waals surface area contributed by atoms with Crippen molar-refractivity contribution in [3.05, 3.63) is 19.9 Å². The molecule has 3 N–H and O–H groups in total. The molecule has 0 radical (unpaired) electrons. The normalized spacial score (nSPS) is 27.0. The Morgan fingerprint density at radius 1 is 1.59 bits per heavy atom. The highest BCUT2D eigenvalue weighted by Crippen LogP contribution is 2.39. The Hall–Kier alpha value is 0.350. The predicted octanol–water partition coefficient (Wildman–Crippen LogP) is 4.07. The van der Waals surface area contributed by atoms with Crippen LogP contribution >= 0.6 is 33.9 Å². The molecule has 1 aromatic heterocycles. The number of nitrogens with two attached hydrogens (primary N) is 1. The molecule has 2 nitrogen and oxygen atoms in total. The largest absolute Gasteiger partial charge is 0.271 e. The Balaban J connectivity index is 2.07. The van der Waals surface area contributed by atoms with Crippen LogP contribution in [0.2, 0.25) is 0 Å². The van der Waals surface area contributed by atoms with Crippen molar-refractivity contribution in [2.24, 2.45) is 17.7 Å². The summed E-state index contributed by atoms with van der Waals surface area (Å²) in [5, 5.41) is 2.25. The van der Waals surface area contributed by atoms with Gasteiger partial charge in [0.25, 0.3) is 0 Å². The number of thiophene rings is 1. The van der Waals surface area contributed by atoms with Crippen molar-refractivity contribution in [3.8, 4) is 0 Å². The average Bonchev–Trinajstić information content (AvgIpc) is 2.77. The summed E-state index contributed by atoms with van der Waals surface area (Å²) in [6, 6.07) is 2.62. The van der Waals surface area contributed by atoms with Crippen molar-refractivity contribution < 1.29 is 0 Å². The Morgan fingerprint density at radius 2 is 2.41 bits per heavy atom. The Morgan fingerprint density at radius 3 is 3.00 bits per heavy atom. The first-order valence-electron chi connectivity index (χ1n) is 6.44. The molecule has 0 aliphatic heterocycles. The van der Waals surface area contributed by atoms with Crippen LogP contribution in [0.25, 0.3) is 0 Å². The standard InChI is InChI=1S/C13H21IN2S/c1-2-9-4-3-5-10(6-9)13(16-15)11-7-12(14)17-8-11/h7-10,13,16H,2-6,15H2,1H3. The summed E-state index contributed by atoms with van der Waals surface area (Å²) in [6.45, 7) is 2.31. The lowest BCUT2D eigenvalue weighted by atomic mass is 9.76. The minimum Gasteiger partial charge on any atom is -0.271 e. The van der Waals surface area contributed by atoms with Crippen molar-refractivity contribution in [1.29, 1.82) is 0 Å². The first-order chi connectivity index (χ1) is 8.24. The lowest BCUT2D eigenvalue weighted by Crippen LogP contribution is -2.35. The van der Waals surface area contributed by atoms with E-state index in [1.54, 1.807) is 0 Å². The number of rotatable bonds is 4. The van der Waals surface area contributed by atoms with E-state index >= 15 is 0 Å². The molecule has 96 valence electrons. The van der Waals surface area contributed by atoms with E-state index in [-0.39, 0.29) is 0 Å². The zero-order chi connectivity index (χ0) is 12.3. The molecule has 2 rings (SSSR count). The van der Waals surface area contributed by atoms with E-state index in [9.17, 15) is 0 Å². The third-order valence-corrected chi connectivity index (χ3v) is 5.81. The monoisotopic (exact) mass is 364 g/mol. The van der Waals surface area contributed by atoms with Gasteiger partial charge in [0.1, 0.15) is 0 Å². The third-order valence-electron chi connectivity index (χ3n) is 4.00. The molecule has 1 aliphatic carbocycles. The lowest BCUT2D eigenvalue weighted by molar-refractivity contribution is 0.210. The molecular weight excluding hydrogens is 343 g/mol. The predicted molar refractivity (Wildman–Crippen MR) is 82.8 cm³/mol. The van der Waals surface area contributed by atoms with Crippen LogP contribution in [-0.2, 0) is 0 Å². The SMILES string of the molecule is CCC1CCCC(C(NN)c2csc(I)c2)C1. The van der Waals surface area contributed by atoms with Gasteiger partial charge >= 0.3 is 0 Å². The second kappa shape index (κ2) is 6.50. The van der Waals surface area contributed by atoms with Gasteiger partial charge in [0.2, 0.25) is 0 Å². The molecule has 3 atom stereocenters. The lowest BCUT2D eigenvalue weighted by Gasteiger charge is -2.33. The molecule has 1 saturated carbocycles. The summed E-state index contributed by atoms with van der Waals surface area (Å²) in [7, 11) is 0. The van der Waals surface area contributed by atoms with Crippen molar-refractivity contribution in [2.75, 3.05) is 0 Å². The number of nitrogens with one attached hydrogen (secondary N) is 1. The van der Waals surface area contributed by atoms with E-state index < -0.39 is 0 Å². The summed E-state index contributed by atoms with van der Waals surface area (Å²) >= 11 is 4.19. The highest BCUT2D eigenvalue weighted by atomic mass is 127.